The Bertz CT molecular complexity index is 444. The predicted octanol–water partition coefficient (Wildman–Crippen LogP) is 1.84. The van der Waals surface area contributed by atoms with E-state index in [0.717, 1.165) is 44.7 Å². The van der Waals surface area contributed by atoms with Gasteiger partial charge in [0.1, 0.15) is 11.4 Å². The van der Waals surface area contributed by atoms with E-state index < -0.39 is 0 Å². The van der Waals surface area contributed by atoms with Crippen LogP contribution >= 0.6 is 0 Å². The minimum atomic E-state index is -0.321. The van der Waals surface area contributed by atoms with Gasteiger partial charge in [-0.1, -0.05) is 6.92 Å². The van der Waals surface area contributed by atoms with Crippen molar-refractivity contribution in [2.75, 3.05) is 31.6 Å². The number of nitrogens with one attached hydrogen (secondary N) is 1. The van der Waals surface area contributed by atoms with Crippen molar-refractivity contribution in [2.45, 2.75) is 32.2 Å². The molecule has 0 aliphatic carbocycles. The van der Waals surface area contributed by atoms with Crippen molar-refractivity contribution < 1.29 is 9.53 Å². The fourth-order valence-corrected chi connectivity index (χ4v) is 2.70. The molecule has 1 atom stereocenters. The van der Waals surface area contributed by atoms with E-state index in [-0.39, 0.29) is 5.97 Å². The third kappa shape index (κ3) is 3.28. The maximum atomic E-state index is 11.9. The summed E-state index contributed by atoms with van der Waals surface area (Å²) >= 11 is 0. The summed E-state index contributed by atoms with van der Waals surface area (Å²) in [4.78, 5) is 18.6. The van der Waals surface area contributed by atoms with Crippen LogP contribution < -0.4 is 10.2 Å². The zero-order valence-electron chi connectivity index (χ0n) is 12.3. The monoisotopic (exact) mass is 277 g/mol. The van der Waals surface area contributed by atoms with Crippen LogP contribution in [-0.2, 0) is 4.74 Å². The number of hydrogen-bond acceptors (Lipinski definition) is 5. The summed E-state index contributed by atoms with van der Waals surface area (Å²) in [5.41, 5.74) is 0.550. The number of carbonyl (C=O) groups excluding carboxylic acids is 1. The molecule has 0 aromatic carbocycles. The van der Waals surface area contributed by atoms with Crippen LogP contribution in [0.5, 0.6) is 0 Å². The highest BCUT2D eigenvalue weighted by Gasteiger charge is 2.25. The van der Waals surface area contributed by atoms with E-state index >= 15 is 0 Å². The smallest absolute Gasteiger partial charge is 0.341 e. The SMILES string of the molecule is CCCN(c1ncccc1C(=O)OC)C1CCCNC1. The van der Waals surface area contributed by atoms with Gasteiger partial charge in [0.25, 0.3) is 0 Å². The first-order chi connectivity index (χ1) is 9.77. The molecule has 5 nitrogen and oxygen atoms in total. The molecule has 1 saturated heterocycles. The largest absolute Gasteiger partial charge is 0.465 e. The average molecular weight is 277 g/mol. The second kappa shape index (κ2) is 7.24. The van der Waals surface area contributed by atoms with Crippen LogP contribution in [0.25, 0.3) is 0 Å². The van der Waals surface area contributed by atoms with Crippen LogP contribution in [0.1, 0.15) is 36.5 Å². The van der Waals surface area contributed by atoms with Gasteiger partial charge in [-0.3, -0.25) is 0 Å². The molecule has 2 heterocycles. The number of nitrogens with zero attached hydrogens (tertiary/aromatic N) is 2. The highest BCUT2D eigenvalue weighted by Crippen LogP contribution is 2.23. The molecule has 1 fully saturated rings. The summed E-state index contributed by atoms with van der Waals surface area (Å²) in [5, 5.41) is 3.42. The summed E-state index contributed by atoms with van der Waals surface area (Å²) in [6, 6.07) is 3.95. The number of esters is 1. The van der Waals surface area contributed by atoms with E-state index in [1.54, 1.807) is 18.3 Å². The van der Waals surface area contributed by atoms with Crippen LogP contribution in [0.2, 0.25) is 0 Å². The summed E-state index contributed by atoms with van der Waals surface area (Å²) < 4.78 is 4.87. The van der Waals surface area contributed by atoms with E-state index in [1.807, 2.05) is 0 Å². The van der Waals surface area contributed by atoms with Gasteiger partial charge in [-0.25, -0.2) is 9.78 Å². The van der Waals surface area contributed by atoms with Crippen molar-refractivity contribution in [1.29, 1.82) is 0 Å². The molecule has 0 bridgehead atoms. The summed E-state index contributed by atoms with van der Waals surface area (Å²) in [6.45, 7) is 5.05. The van der Waals surface area contributed by atoms with Gasteiger partial charge in [-0.05, 0) is 37.9 Å². The molecule has 1 aliphatic rings. The van der Waals surface area contributed by atoms with Gasteiger partial charge >= 0.3 is 5.97 Å². The zero-order valence-corrected chi connectivity index (χ0v) is 12.3. The molecule has 0 radical (unpaired) electrons. The Balaban J connectivity index is 2.30. The Hall–Kier alpha value is -1.62. The lowest BCUT2D eigenvalue weighted by Crippen LogP contribution is -2.47. The molecule has 1 N–H and O–H groups in total. The Labute approximate surface area is 120 Å². The van der Waals surface area contributed by atoms with Crippen molar-refractivity contribution in [3.05, 3.63) is 23.9 Å². The van der Waals surface area contributed by atoms with E-state index in [1.165, 1.54) is 7.11 Å². The number of anilines is 1. The Morgan fingerprint density at radius 1 is 1.60 bits per heavy atom. The van der Waals surface area contributed by atoms with E-state index in [9.17, 15) is 4.79 Å². The van der Waals surface area contributed by atoms with Gasteiger partial charge in [0.15, 0.2) is 0 Å². The average Bonchev–Trinajstić information content (AvgIpc) is 2.53. The second-order valence-electron chi connectivity index (χ2n) is 5.06. The second-order valence-corrected chi connectivity index (χ2v) is 5.06. The highest BCUT2D eigenvalue weighted by atomic mass is 16.5. The van der Waals surface area contributed by atoms with Crippen LogP contribution in [0.4, 0.5) is 5.82 Å². The maximum absolute atomic E-state index is 11.9. The standard InChI is InChI=1S/C15H23N3O2/c1-3-10-18(12-6-4-8-16-11-12)14-13(15(19)20-2)7-5-9-17-14/h5,7,9,12,16H,3-4,6,8,10-11H2,1-2H3. The fraction of sp³-hybridized carbons (Fsp3) is 0.600. The molecule has 5 heteroatoms. The molecule has 110 valence electrons. The molecular weight excluding hydrogens is 254 g/mol. The van der Waals surface area contributed by atoms with Crippen LogP contribution in [0, 0.1) is 0 Å². The molecule has 2 rings (SSSR count). The van der Waals surface area contributed by atoms with Gasteiger partial charge in [0.05, 0.1) is 7.11 Å². The topological polar surface area (TPSA) is 54.5 Å². The molecule has 1 aliphatic heterocycles. The quantitative estimate of drug-likeness (QED) is 0.832. The lowest BCUT2D eigenvalue weighted by molar-refractivity contribution is 0.0601. The van der Waals surface area contributed by atoms with Gasteiger partial charge in [0.2, 0.25) is 0 Å². The number of carbonyl (C=O) groups is 1. The Morgan fingerprint density at radius 2 is 2.45 bits per heavy atom. The fourth-order valence-electron chi connectivity index (χ4n) is 2.70. The molecule has 0 spiro atoms. The first-order valence-corrected chi connectivity index (χ1v) is 7.28. The Morgan fingerprint density at radius 3 is 3.10 bits per heavy atom. The van der Waals surface area contributed by atoms with Gasteiger partial charge in [-0.15, -0.1) is 0 Å². The van der Waals surface area contributed by atoms with Crippen LogP contribution in [-0.4, -0.2) is 43.7 Å². The molecule has 20 heavy (non-hydrogen) atoms. The number of pyridine rings is 1. The van der Waals surface area contributed by atoms with E-state index in [0.29, 0.717) is 11.6 Å². The first kappa shape index (κ1) is 14.8. The van der Waals surface area contributed by atoms with Gasteiger partial charge in [0, 0.05) is 25.3 Å². The minimum Gasteiger partial charge on any atom is -0.465 e. The number of aromatic nitrogens is 1. The zero-order chi connectivity index (χ0) is 14.4. The lowest BCUT2D eigenvalue weighted by Gasteiger charge is -2.36. The number of hydrogen-bond donors (Lipinski definition) is 1. The van der Waals surface area contributed by atoms with E-state index in [4.69, 9.17) is 4.74 Å². The predicted molar refractivity (Wildman–Crippen MR) is 79.1 cm³/mol. The van der Waals surface area contributed by atoms with Crippen molar-refractivity contribution in [2.24, 2.45) is 0 Å². The number of piperidine rings is 1. The van der Waals surface area contributed by atoms with Crippen LogP contribution in [0.15, 0.2) is 18.3 Å². The highest BCUT2D eigenvalue weighted by molar-refractivity contribution is 5.94. The summed E-state index contributed by atoms with van der Waals surface area (Å²) in [7, 11) is 1.41. The minimum absolute atomic E-state index is 0.321. The van der Waals surface area contributed by atoms with Crippen molar-refractivity contribution in [3.63, 3.8) is 0 Å². The molecule has 1 aromatic heterocycles. The van der Waals surface area contributed by atoms with E-state index in [2.05, 4.69) is 22.1 Å². The molecular formula is C15H23N3O2. The summed E-state index contributed by atoms with van der Waals surface area (Å²) in [5.74, 6) is 0.424. The van der Waals surface area contributed by atoms with Gasteiger partial charge < -0.3 is 15.0 Å². The molecule has 1 aromatic rings. The Kier molecular flexibility index (Phi) is 5.35. The maximum Gasteiger partial charge on any atom is 0.341 e. The summed E-state index contributed by atoms with van der Waals surface area (Å²) in [6.07, 6.45) is 5.05. The van der Waals surface area contributed by atoms with Crippen molar-refractivity contribution in [3.8, 4) is 0 Å². The van der Waals surface area contributed by atoms with Gasteiger partial charge in [-0.2, -0.15) is 0 Å². The molecule has 0 saturated carbocycles. The van der Waals surface area contributed by atoms with Crippen molar-refractivity contribution in [1.82, 2.24) is 10.3 Å². The third-order valence-electron chi connectivity index (χ3n) is 3.64. The lowest BCUT2D eigenvalue weighted by atomic mass is 10.0. The van der Waals surface area contributed by atoms with Crippen LogP contribution in [0.3, 0.4) is 0 Å². The number of rotatable bonds is 5. The molecule has 1 unspecified atom stereocenters. The van der Waals surface area contributed by atoms with Crippen molar-refractivity contribution >= 4 is 11.8 Å². The number of ether oxygens (including phenoxy) is 1. The molecule has 0 amide bonds. The normalized spacial score (nSPS) is 18.6. The first-order valence-electron chi connectivity index (χ1n) is 7.28. The number of methoxy groups -OCH3 is 1. The third-order valence-corrected chi connectivity index (χ3v) is 3.64.